The van der Waals surface area contributed by atoms with Crippen molar-refractivity contribution in [2.75, 3.05) is 13.2 Å². The Balaban J connectivity index is 1.54. The average Bonchev–Trinajstić information content (AvgIpc) is 2.92. The Bertz CT molecular complexity index is 808. The molecular formula is C20H25N3O3. The summed E-state index contributed by atoms with van der Waals surface area (Å²) in [7, 11) is 0. The Hall–Kier alpha value is -2.34. The highest BCUT2D eigenvalue weighted by molar-refractivity contribution is 5.76. The van der Waals surface area contributed by atoms with E-state index in [2.05, 4.69) is 10.4 Å². The molecule has 2 aromatic rings. The van der Waals surface area contributed by atoms with Gasteiger partial charge in [0.15, 0.2) is 0 Å². The summed E-state index contributed by atoms with van der Waals surface area (Å²) in [4.78, 5) is 12.7. The van der Waals surface area contributed by atoms with E-state index in [0.29, 0.717) is 13.2 Å². The number of nitrogens with one attached hydrogen (secondary N) is 1. The van der Waals surface area contributed by atoms with Gasteiger partial charge in [-0.05, 0) is 26.0 Å². The summed E-state index contributed by atoms with van der Waals surface area (Å²) in [6, 6.07) is 9.92. The molecule has 1 fully saturated rings. The highest BCUT2D eigenvalue weighted by atomic mass is 16.5. The number of ether oxygens (including phenoxy) is 2. The zero-order valence-corrected chi connectivity index (χ0v) is 15.3. The van der Waals surface area contributed by atoms with Gasteiger partial charge in [0.05, 0.1) is 24.9 Å². The zero-order chi connectivity index (χ0) is 18.1. The Kier molecular flexibility index (Phi) is 4.44. The molecule has 6 heteroatoms. The predicted molar refractivity (Wildman–Crippen MR) is 97.1 cm³/mol. The van der Waals surface area contributed by atoms with Crippen molar-refractivity contribution in [1.82, 2.24) is 15.1 Å². The third-order valence-electron chi connectivity index (χ3n) is 5.33. The van der Waals surface area contributed by atoms with Gasteiger partial charge in [-0.3, -0.25) is 9.48 Å². The molecule has 1 amide bonds. The third-order valence-corrected chi connectivity index (χ3v) is 5.33. The number of aromatic nitrogens is 2. The fourth-order valence-electron chi connectivity index (χ4n) is 4.01. The van der Waals surface area contributed by atoms with E-state index in [-0.39, 0.29) is 24.1 Å². The largest absolute Gasteiger partial charge is 0.487 e. The fourth-order valence-corrected chi connectivity index (χ4v) is 4.01. The molecule has 1 N–H and O–H groups in total. The molecular weight excluding hydrogens is 330 g/mol. The number of fused-ring (bicyclic) bond motifs is 1. The van der Waals surface area contributed by atoms with E-state index in [9.17, 15) is 4.79 Å². The molecule has 26 heavy (non-hydrogen) atoms. The number of hydrogen-bond acceptors (Lipinski definition) is 4. The van der Waals surface area contributed by atoms with E-state index < -0.39 is 0 Å². The lowest BCUT2D eigenvalue weighted by molar-refractivity contribution is -0.123. The van der Waals surface area contributed by atoms with Gasteiger partial charge in [-0.25, -0.2) is 0 Å². The van der Waals surface area contributed by atoms with Gasteiger partial charge in [-0.1, -0.05) is 18.2 Å². The second-order valence-electron chi connectivity index (χ2n) is 7.34. The van der Waals surface area contributed by atoms with Crippen molar-refractivity contribution in [3.8, 4) is 5.75 Å². The fraction of sp³-hybridized carbons (Fsp3) is 0.500. The van der Waals surface area contributed by atoms with Crippen LogP contribution >= 0.6 is 0 Å². The molecule has 138 valence electrons. The molecule has 0 bridgehead atoms. The highest BCUT2D eigenvalue weighted by Crippen LogP contribution is 2.43. The Labute approximate surface area is 153 Å². The van der Waals surface area contributed by atoms with Crippen LogP contribution in [0.1, 0.15) is 42.3 Å². The van der Waals surface area contributed by atoms with Gasteiger partial charge >= 0.3 is 0 Å². The van der Waals surface area contributed by atoms with Crippen LogP contribution in [0.15, 0.2) is 30.3 Å². The maximum atomic E-state index is 12.7. The van der Waals surface area contributed by atoms with Crippen molar-refractivity contribution in [2.45, 2.75) is 51.3 Å². The van der Waals surface area contributed by atoms with Crippen LogP contribution in [0.25, 0.3) is 0 Å². The van der Waals surface area contributed by atoms with Gasteiger partial charge < -0.3 is 14.8 Å². The Morgan fingerprint density at radius 3 is 2.81 bits per heavy atom. The number of benzene rings is 1. The quantitative estimate of drug-likeness (QED) is 0.919. The first-order valence-electron chi connectivity index (χ1n) is 9.21. The monoisotopic (exact) mass is 355 g/mol. The molecule has 3 heterocycles. The van der Waals surface area contributed by atoms with Crippen molar-refractivity contribution in [3.05, 3.63) is 47.3 Å². The first kappa shape index (κ1) is 17.1. The summed E-state index contributed by atoms with van der Waals surface area (Å²) >= 11 is 0. The minimum atomic E-state index is -0.247. The number of para-hydroxylation sites is 1. The lowest BCUT2D eigenvalue weighted by Gasteiger charge is -2.44. The smallest absolute Gasteiger partial charge is 0.242 e. The number of hydrogen-bond donors (Lipinski definition) is 1. The molecule has 1 aromatic carbocycles. The van der Waals surface area contributed by atoms with Crippen LogP contribution < -0.4 is 10.1 Å². The number of carbonyl (C=O) groups excluding carboxylic acids is 1. The van der Waals surface area contributed by atoms with Gasteiger partial charge in [-0.15, -0.1) is 0 Å². The molecule has 2 aliphatic rings. The van der Waals surface area contributed by atoms with Crippen molar-refractivity contribution in [2.24, 2.45) is 0 Å². The van der Waals surface area contributed by atoms with Crippen molar-refractivity contribution >= 4 is 5.91 Å². The van der Waals surface area contributed by atoms with Crippen molar-refractivity contribution in [3.63, 3.8) is 0 Å². The van der Waals surface area contributed by atoms with Gasteiger partial charge in [0, 0.05) is 30.5 Å². The molecule has 1 atom stereocenters. The summed E-state index contributed by atoms with van der Waals surface area (Å²) in [6.07, 6.45) is 2.48. The number of rotatable bonds is 3. The van der Waals surface area contributed by atoms with Crippen LogP contribution in [0.2, 0.25) is 0 Å². The SMILES string of the molecule is Cc1cc(C)n(CC(=O)N[C@H]2CC3(CCOCC3)Oc3ccccc32)n1. The van der Waals surface area contributed by atoms with Gasteiger partial charge in [0.2, 0.25) is 5.91 Å². The Morgan fingerprint density at radius 1 is 1.31 bits per heavy atom. The molecule has 0 unspecified atom stereocenters. The van der Waals surface area contributed by atoms with E-state index in [1.165, 1.54) is 0 Å². The summed E-state index contributed by atoms with van der Waals surface area (Å²) in [6.45, 7) is 5.54. The first-order valence-corrected chi connectivity index (χ1v) is 9.21. The van der Waals surface area contributed by atoms with Gasteiger partial charge in [-0.2, -0.15) is 5.10 Å². The van der Waals surface area contributed by atoms with Crippen LogP contribution in [0.3, 0.4) is 0 Å². The molecule has 0 aliphatic carbocycles. The maximum absolute atomic E-state index is 12.7. The van der Waals surface area contributed by atoms with Gasteiger partial charge in [0.1, 0.15) is 17.9 Å². The van der Waals surface area contributed by atoms with Crippen molar-refractivity contribution < 1.29 is 14.3 Å². The number of nitrogens with zero attached hydrogens (tertiary/aromatic N) is 2. The van der Waals surface area contributed by atoms with Crippen molar-refractivity contribution in [1.29, 1.82) is 0 Å². The van der Waals surface area contributed by atoms with Gasteiger partial charge in [0.25, 0.3) is 0 Å². The molecule has 0 radical (unpaired) electrons. The number of carbonyl (C=O) groups is 1. The van der Waals surface area contributed by atoms with E-state index in [1.54, 1.807) is 4.68 Å². The molecule has 0 saturated carbocycles. The highest BCUT2D eigenvalue weighted by Gasteiger charge is 2.42. The number of aryl methyl sites for hydroxylation is 2. The number of amides is 1. The second kappa shape index (κ2) is 6.76. The van der Waals surface area contributed by atoms with E-state index in [0.717, 1.165) is 42.0 Å². The molecule has 1 spiro atoms. The van der Waals surface area contributed by atoms with Crippen LogP contribution in [0.4, 0.5) is 0 Å². The summed E-state index contributed by atoms with van der Waals surface area (Å²) in [5.41, 5.74) is 2.72. The topological polar surface area (TPSA) is 65.4 Å². The molecule has 2 aliphatic heterocycles. The molecule has 4 rings (SSSR count). The van der Waals surface area contributed by atoms with E-state index in [1.807, 2.05) is 44.2 Å². The van der Waals surface area contributed by atoms with Crippen LogP contribution in [0.5, 0.6) is 5.75 Å². The second-order valence-corrected chi connectivity index (χ2v) is 7.34. The lowest BCUT2D eigenvalue weighted by Crippen LogP contribution is -2.49. The van der Waals surface area contributed by atoms with Crippen LogP contribution in [0, 0.1) is 13.8 Å². The normalized spacial score (nSPS) is 21.1. The summed E-state index contributed by atoms with van der Waals surface area (Å²) in [5, 5.41) is 7.60. The summed E-state index contributed by atoms with van der Waals surface area (Å²) in [5.74, 6) is 0.845. The van der Waals surface area contributed by atoms with E-state index >= 15 is 0 Å². The van der Waals surface area contributed by atoms with Crippen LogP contribution in [-0.4, -0.2) is 34.5 Å². The Morgan fingerprint density at radius 2 is 2.08 bits per heavy atom. The lowest BCUT2D eigenvalue weighted by atomic mass is 9.82. The zero-order valence-electron chi connectivity index (χ0n) is 15.3. The third kappa shape index (κ3) is 3.33. The van der Waals surface area contributed by atoms with Crippen LogP contribution in [-0.2, 0) is 16.1 Å². The molecule has 1 aromatic heterocycles. The standard InChI is InChI=1S/C20H25N3O3/c1-14-11-15(2)23(22-14)13-19(24)21-17-12-20(7-9-25-10-8-20)26-18-6-4-3-5-16(17)18/h3-6,11,17H,7-10,12-13H2,1-2H3,(H,21,24)/t17-/m0/s1. The minimum Gasteiger partial charge on any atom is -0.487 e. The minimum absolute atomic E-state index is 0.0277. The summed E-state index contributed by atoms with van der Waals surface area (Å²) < 4.78 is 13.6. The predicted octanol–water partition coefficient (Wildman–Crippen LogP) is 2.69. The molecule has 6 nitrogen and oxygen atoms in total. The first-order chi connectivity index (χ1) is 12.5. The van der Waals surface area contributed by atoms with E-state index in [4.69, 9.17) is 9.47 Å². The average molecular weight is 355 g/mol. The molecule has 1 saturated heterocycles. The maximum Gasteiger partial charge on any atom is 0.242 e.